The van der Waals surface area contributed by atoms with Crippen LogP contribution in [0.4, 0.5) is 11.4 Å². The molecule has 2 aromatic carbocycles. The number of anilines is 1. The van der Waals surface area contributed by atoms with E-state index in [-0.39, 0.29) is 17.5 Å². The lowest BCUT2D eigenvalue weighted by molar-refractivity contribution is -0.384. The summed E-state index contributed by atoms with van der Waals surface area (Å²) in [6.07, 6.45) is 3.33. The second-order valence-electron chi connectivity index (χ2n) is 9.16. The minimum Gasteiger partial charge on any atom is -0.370 e. The molecule has 0 N–H and O–H groups in total. The minimum absolute atomic E-state index is 0.0119. The SMILES string of the molecule is CCN(CC)C(=O)C1CCCN(c2ccc([N+](=O)[O-])cc2C=Nn2c(C)nnc2SCc2ccccc2)C1. The summed E-state index contributed by atoms with van der Waals surface area (Å²) < 4.78 is 1.65. The zero-order valence-electron chi connectivity index (χ0n) is 22.0. The fourth-order valence-electron chi connectivity index (χ4n) is 4.64. The number of nitrogens with zero attached hydrogens (tertiary/aromatic N) is 7. The quantitative estimate of drug-likeness (QED) is 0.159. The topological polar surface area (TPSA) is 110 Å². The molecule has 0 aliphatic carbocycles. The van der Waals surface area contributed by atoms with Crippen molar-refractivity contribution in [3.05, 3.63) is 75.6 Å². The normalized spacial score (nSPS) is 15.7. The van der Waals surface area contributed by atoms with Gasteiger partial charge in [0.1, 0.15) is 0 Å². The van der Waals surface area contributed by atoms with E-state index in [9.17, 15) is 14.9 Å². The first-order valence-electron chi connectivity index (χ1n) is 12.9. The van der Waals surface area contributed by atoms with Gasteiger partial charge in [-0.25, -0.2) is 0 Å². The highest BCUT2D eigenvalue weighted by Crippen LogP contribution is 2.30. The largest absolute Gasteiger partial charge is 0.370 e. The monoisotopic (exact) mass is 535 g/mol. The highest BCUT2D eigenvalue weighted by Gasteiger charge is 2.29. The Morgan fingerprint density at radius 1 is 1.21 bits per heavy atom. The molecule has 1 aliphatic rings. The van der Waals surface area contributed by atoms with E-state index in [1.807, 2.05) is 43.9 Å². The second kappa shape index (κ2) is 12.7. The fourth-order valence-corrected chi connectivity index (χ4v) is 5.53. The second-order valence-corrected chi connectivity index (χ2v) is 10.1. The van der Waals surface area contributed by atoms with Gasteiger partial charge in [0.05, 0.1) is 17.1 Å². The molecule has 0 radical (unpaired) electrons. The maximum Gasteiger partial charge on any atom is 0.270 e. The van der Waals surface area contributed by atoms with Gasteiger partial charge < -0.3 is 9.80 Å². The Morgan fingerprint density at radius 3 is 2.68 bits per heavy atom. The van der Waals surface area contributed by atoms with E-state index in [0.29, 0.717) is 41.9 Å². The molecule has 2 heterocycles. The van der Waals surface area contributed by atoms with Crippen molar-refractivity contribution < 1.29 is 9.72 Å². The van der Waals surface area contributed by atoms with Gasteiger partial charge in [-0.3, -0.25) is 14.9 Å². The summed E-state index contributed by atoms with van der Waals surface area (Å²) in [7, 11) is 0. The van der Waals surface area contributed by atoms with Crippen molar-refractivity contribution in [2.24, 2.45) is 11.0 Å². The molecule has 1 amide bonds. The molecule has 1 aliphatic heterocycles. The summed E-state index contributed by atoms with van der Waals surface area (Å²) in [6, 6.07) is 14.9. The van der Waals surface area contributed by atoms with E-state index >= 15 is 0 Å². The van der Waals surface area contributed by atoms with Gasteiger partial charge in [0.2, 0.25) is 11.1 Å². The van der Waals surface area contributed by atoms with Crippen molar-refractivity contribution in [1.82, 2.24) is 19.8 Å². The standard InChI is InChI=1S/C27H33N7O3S/c1-4-31(5-2)26(35)22-12-9-15-32(18-22)25-14-13-24(34(36)37)16-23(25)17-28-33-20(3)29-30-27(33)38-19-21-10-7-6-8-11-21/h6-8,10-11,13-14,16-17,22H,4-5,9,12,15,18-19H2,1-3H3. The number of rotatable bonds is 10. The van der Waals surface area contributed by atoms with Crippen molar-refractivity contribution in [3.8, 4) is 0 Å². The molecule has 1 fully saturated rings. The van der Waals surface area contributed by atoms with Crippen LogP contribution in [-0.4, -0.2) is 63.0 Å². The van der Waals surface area contributed by atoms with Gasteiger partial charge in [0.15, 0.2) is 5.82 Å². The summed E-state index contributed by atoms with van der Waals surface area (Å²) in [5.74, 6) is 1.39. The molecule has 4 rings (SSSR count). The van der Waals surface area contributed by atoms with Crippen LogP contribution in [-0.2, 0) is 10.5 Å². The van der Waals surface area contributed by atoms with Crippen LogP contribution in [0.3, 0.4) is 0 Å². The third-order valence-corrected chi connectivity index (χ3v) is 7.69. The van der Waals surface area contributed by atoms with E-state index in [1.165, 1.54) is 23.9 Å². The van der Waals surface area contributed by atoms with Crippen molar-refractivity contribution >= 4 is 35.3 Å². The third kappa shape index (κ3) is 6.39. The Kier molecular flexibility index (Phi) is 9.11. The Bertz CT molecular complexity index is 1290. The van der Waals surface area contributed by atoms with Gasteiger partial charge in [0.25, 0.3) is 5.69 Å². The van der Waals surface area contributed by atoms with Crippen molar-refractivity contribution in [2.75, 3.05) is 31.1 Å². The van der Waals surface area contributed by atoms with Gasteiger partial charge >= 0.3 is 0 Å². The van der Waals surface area contributed by atoms with E-state index in [4.69, 9.17) is 0 Å². The summed E-state index contributed by atoms with van der Waals surface area (Å²) in [6.45, 7) is 8.51. The molecule has 1 unspecified atom stereocenters. The number of thioether (sulfide) groups is 1. The Morgan fingerprint density at radius 2 is 1.97 bits per heavy atom. The number of carbonyl (C=O) groups excluding carboxylic acids is 1. The molecule has 0 saturated carbocycles. The smallest absolute Gasteiger partial charge is 0.270 e. The van der Waals surface area contributed by atoms with Crippen molar-refractivity contribution in [2.45, 2.75) is 44.5 Å². The zero-order chi connectivity index (χ0) is 27.1. The van der Waals surface area contributed by atoms with Gasteiger partial charge in [-0.2, -0.15) is 9.78 Å². The molecule has 1 atom stereocenters. The number of nitro groups is 1. The first-order chi connectivity index (χ1) is 18.4. The number of amides is 1. The number of hydrogen-bond acceptors (Lipinski definition) is 8. The highest BCUT2D eigenvalue weighted by atomic mass is 32.2. The Hall–Kier alpha value is -3.73. The number of non-ortho nitro benzene ring substituents is 1. The van der Waals surface area contributed by atoms with E-state index < -0.39 is 4.92 Å². The summed E-state index contributed by atoms with van der Waals surface area (Å²) in [5.41, 5.74) is 2.58. The first-order valence-corrected chi connectivity index (χ1v) is 13.8. The van der Waals surface area contributed by atoms with Gasteiger partial charge in [0, 0.05) is 55.3 Å². The number of nitro benzene ring substituents is 1. The Labute approximate surface area is 226 Å². The summed E-state index contributed by atoms with van der Waals surface area (Å²) >= 11 is 1.52. The first kappa shape index (κ1) is 27.3. The maximum absolute atomic E-state index is 13.0. The number of piperidine rings is 1. The molecule has 10 nitrogen and oxygen atoms in total. The lowest BCUT2D eigenvalue weighted by Crippen LogP contribution is -2.45. The number of benzene rings is 2. The number of aromatic nitrogens is 3. The zero-order valence-corrected chi connectivity index (χ0v) is 22.8. The molecule has 11 heteroatoms. The number of aryl methyl sites for hydroxylation is 1. The maximum atomic E-state index is 13.0. The summed E-state index contributed by atoms with van der Waals surface area (Å²) in [4.78, 5) is 28.2. The van der Waals surface area contributed by atoms with E-state index in [0.717, 1.165) is 30.6 Å². The minimum atomic E-state index is -0.408. The molecule has 3 aromatic rings. The van der Waals surface area contributed by atoms with Crippen LogP contribution in [0.2, 0.25) is 0 Å². The molecule has 1 saturated heterocycles. The third-order valence-electron chi connectivity index (χ3n) is 6.70. The van der Waals surface area contributed by atoms with Gasteiger partial charge in [-0.05, 0) is 45.2 Å². The Balaban J connectivity index is 1.60. The van der Waals surface area contributed by atoms with Crippen molar-refractivity contribution in [1.29, 1.82) is 0 Å². The van der Waals surface area contributed by atoms with Crippen LogP contribution < -0.4 is 4.90 Å². The molecule has 200 valence electrons. The average molecular weight is 536 g/mol. The van der Waals surface area contributed by atoms with Crippen LogP contribution in [0.1, 0.15) is 43.6 Å². The lowest BCUT2D eigenvalue weighted by atomic mass is 9.95. The van der Waals surface area contributed by atoms with Crippen LogP contribution in [0.15, 0.2) is 58.8 Å². The molecule has 1 aromatic heterocycles. The molecule has 38 heavy (non-hydrogen) atoms. The number of hydrogen-bond donors (Lipinski definition) is 0. The van der Waals surface area contributed by atoms with Crippen LogP contribution in [0.5, 0.6) is 0 Å². The fraction of sp³-hybridized carbons (Fsp3) is 0.407. The molecule has 0 bridgehead atoms. The number of carbonyl (C=O) groups is 1. The van der Waals surface area contributed by atoms with Crippen LogP contribution >= 0.6 is 11.8 Å². The van der Waals surface area contributed by atoms with Gasteiger partial charge in [-0.15, -0.1) is 10.2 Å². The molecule has 0 spiro atoms. The highest BCUT2D eigenvalue weighted by molar-refractivity contribution is 7.98. The predicted octanol–water partition coefficient (Wildman–Crippen LogP) is 4.75. The van der Waals surface area contributed by atoms with E-state index in [2.05, 4.69) is 32.3 Å². The van der Waals surface area contributed by atoms with Crippen LogP contribution in [0, 0.1) is 23.0 Å². The van der Waals surface area contributed by atoms with Crippen molar-refractivity contribution in [3.63, 3.8) is 0 Å². The summed E-state index contributed by atoms with van der Waals surface area (Å²) in [5, 5.41) is 25.3. The van der Waals surface area contributed by atoms with Gasteiger partial charge in [-0.1, -0.05) is 42.1 Å². The lowest BCUT2D eigenvalue weighted by Gasteiger charge is -2.36. The molecular weight excluding hydrogens is 502 g/mol. The molecular formula is C27H33N7O3S. The average Bonchev–Trinajstić information content (AvgIpc) is 3.30. The van der Waals surface area contributed by atoms with Crippen LogP contribution in [0.25, 0.3) is 0 Å². The van der Waals surface area contributed by atoms with E-state index in [1.54, 1.807) is 17.0 Å². The predicted molar refractivity (Wildman–Crippen MR) is 150 cm³/mol.